The van der Waals surface area contributed by atoms with Crippen molar-refractivity contribution in [2.45, 2.75) is 57.2 Å². The first kappa shape index (κ1) is 21.3. The molecule has 5 atom stereocenters. The zero-order valence-electron chi connectivity index (χ0n) is 15.1. The molecule has 26 heavy (non-hydrogen) atoms. The SMILES string of the molecule is C=CCC1C(=O)OC1CCCS(=O)CCCS(=O)CCCC1CC(=O)O1. The molecular weight excluding hydrogens is 376 g/mol. The van der Waals surface area contributed by atoms with E-state index < -0.39 is 21.6 Å². The van der Waals surface area contributed by atoms with Crippen LogP contribution < -0.4 is 0 Å². The van der Waals surface area contributed by atoms with Crippen molar-refractivity contribution in [2.75, 3.05) is 23.0 Å². The monoisotopic (exact) mass is 404 g/mol. The average Bonchev–Trinajstić information content (AvgIpc) is 2.57. The van der Waals surface area contributed by atoms with Gasteiger partial charge in [-0.1, -0.05) is 6.08 Å². The molecule has 0 aromatic carbocycles. The number of cyclic esters (lactones) is 2. The van der Waals surface area contributed by atoms with Gasteiger partial charge in [-0.05, 0) is 38.5 Å². The predicted molar refractivity (Wildman–Crippen MR) is 102 cm³/mol. The van der Waals surface area contributed by atoms with Gasteiger partial charge in [-0.3, -0.25) is 18.0 Å². The summed E-state index contributed by atoms with van der Waals surface area (Å²) in [5.41, 5.74) is 0. The van der Waals surface area contributed by atoms with Gasteiger partial charge >= 0.3 is 11.9 Å². The number of ether oxygens (including phenoxy) is 2. The normalized spacial score (nSPS) is 26.8. The third kappa shape index (κ3) is 6.95. The largest absolute Gasteiger partial charge is 0.462 e. The number of allylic oxidation sites excluding steroid dienone is 1. The summed E-state index contributed by atoms with van der Waals surface area (Å²) in [6.07, 6.45) is 6.59. The zero-order valence-corrected chi connectivity index (χ0v) is 16.7. The van der Waals surface area contributed by atoms with Crippen molar-refractivity contribution in [1.82, 2.24) is 0 Å². The van der Waals surface area contributed by atoms with E-state index in [-0.39, 0.29) is 30.1 Å². The van der Waals surface area contributed by atoms with Crippen LogP contribution in [0.15, 0.2) is 12.7 Å². The molecule has 2 rings (SSSR count). The predicted octanol–water partition coefficient (Wildman–Crippen LogP) is 1.87. The fraction of sp³-hybridized carbons (Fsp3) is 0.778. The molecular formula is C18H28O6S2. The maximum atomic E-state index is 12.0. The van der Waals surface area contributed by atoms with E-state index in [1.165, 1.54) is 0 Å². The molecule has 0 spiro atoms. The zero-order chi connectivity index (χ0) is 18.9. The van der Waals surface area contributed by atoms with E-state index in [2.05, 4.69) is 6.58 Å². The summed E-state index contributed by atoms with van der Waals surface area (Å²) in [5.74, 6) is 1.95. The molecule has 2 aliphatic heterocycles. The van der Waals surface area contributed by atoms with E-state index in [4.69, 9.17) is 9.47 Å². The lowest BCUT2D eigenvalue weighted by atomic mass is 9.90. The summed E-state index contributed by atoms with van der Waals surface area (Å²) >= 11 is 0. The van der Waals surface area contributed by atoms with E-state index in [0.29, 0.717) is 42.3 Å². The van der Waals surface area contributed by atoms with Gasteiger partial charge in [0, 0.05) is 44.6 Å². The van der Waals surface area contributed by atoms with Crippen LogP contribution in [-0.4, -0.2) is 55.6 Å². The van der Waals surface area contributed by atoms with Crippen LogP contribution in [0.2, 0.25) is 0 Å². The number of carbonyl (C=O) groups is 2. The molecule has 0 saturated carbocycles. The van der Waals surface area contributed by atoms with Gasteiger partial charge in [0.1, 0.15) is 12.2 Å². The minimum atomic E-state index is -0.916. The number of rotatable bonds is 14. The topological polar surface area (TPSA) is 86.7 Å². The quantitative estimate of drug-likeness (QED) is 0.324. The van der Waals surface area contributed by atoms with Crippen LogP contribution in [0, 0.1) is 5.92 Å². The summed E-state index contributed by atoms with van der Waals surface area (Å²) in [6.45, 7) is 3.64. The lowest BCUT2D eigenvalue weighted by Crippen LogP contribution is -2.44. The fourth-order valence-corrected chi connectivity index (χ4v) is 5.61. The lowest BCUT2D eigenvalue weighted by molar-refractivity contribution is -0.184. The Bertz CT molecular complexity index is 554. The first-order chi connectivity index (χ1) is 12.5. The van der Waals surface area contributed by atoms with Crippen LogP contribution in [0.3, 0.4) is 0 Å². The standard InChI is InChI=1S/C18H28O6S2/c1-2-6-15-16(24-18(15)20)8-4-10-26(22)12-5-11-25(21)9-3-7-14-13-17(19)23-14/h2,14-16H,1,3-13H2. The van der Waals surface area contributed by atoms with Gasteiger partial charge in [-0.2, -0.15) is 0 Å². The molecule has 8 heteroatoms. The molecule has 2 fully saturated rings. The first-order valence-corrected chi connectivity index (χ1v) is 12.2. The minimum absolute atomic E-state index is 0.0213. The van der Waals surface area contributed by atoms with Crippen LogP contribution in [0.25, 0.3) is 0 Å². The lowest BCUT2D eigenvalue weighted by Gasteiger charge is -2.34. The Hall–Kier alpha value is -1.02. The van der Waals surface area contributed by atoms with Gasteiger partial charge in [0.05, 0.1) is 12.3 Å². The third-order valence-electron chi connectivity index (χ3n) is 4.63. The van der Waals surface area contributed by atoms with Crippen molar-refractivity contribution >= 4 is 33.5 Å². The highest BCUT2D eigenvalue weighted by atomic mass is 32.2. The first-order valence-electron chi connectivity index (χ1n) is 9.20. The second kappa shape index (κ2) is 11.0. The van der Waals surface area contributed by atoms with E-state index in [1.807, 2.05) is 0 Å². The summed E-state index contributed by atoms with van der Waals surface area (Å²) in [4.78, 5) is 22.0. The number of esters is 2. The summed E-state index contributed by atoms with van der Waals surface area (Å²) in [5, 5.41) is 0. The smallest absolute Gasteiger partial charge is 0.313 e. The van der Waals surface area contributed by atoms with Gasteiger partial charge in [0.25, 0.3) is 0 Å². The van der Waals surface area contributed by atoms with Gasteiger partial charge < -0.3 is 9.47 Å². The van der Waals surface area contributed by atoms with Crippen molar-refractivity contribution in [1.29, 1.82) is 0 Å². The van der Waals surface area contributed by atoms with Gasteiger partial charge in [0.2, 0.25) is 0 Å². The van der Waals surface area contributed by atoms with Gasteiger partial charge in [0.15, 0.2) is 0 Å². The molecule has 148 valence electrons. The fourth-order valence-electron chi connectivity index (χ4n) is 3.11. The Balaban J connectivity index is 1.44. The van der Waals surface area contributed by atoms with Crippen LogP contribution in [0.5, 0.6) is 0 Å². The Morgan fingerprint density at radius 3 is 2.08 bits per heavy atom. The van der Waals surface area contributed by atoms with E-state index in [1.54, 1.807) is 6.08 Å². The molecule has 0 bridgehead atoms. The van der Waals surface area contributed by atoms with Crippen LogP contribution in [-0.2, 0) is 40.7 Å². The molecule has 5 unspecified atom stereocenters. The highest BCUT2D eigenvalue weighted by Crippen LogP contribution is 2.29. The van der Waals surface area contributed by atoms with Crippen molar-refractivity contribution in [3.8, 4) is 0 Å². The summed E-state index contributed by atoms with van der Waals surface area (Å²) in [7, 11) is -1.81. The summed E-state index contributed by atoms with van der Waals surface area (Å²) < 4.78 is 33.9. The number of hydrogen-bond donors (Lipinski definition) is 0. The van der Waals surface area contributed by atoms with Crippen LogP contribution >= 0.6 is 0 Å². The number of carbonyl (C=O) groups excluding carboxylic acids is 2. The second-order valence-electron chi connectivity index (χ2n) is 6.76. The molecule has 0 aliphatic carbocycles. The molecule has 0 amide bonds. The highest BCUT2D eigenvalue weighted by molar-refractivity contribution is 7.85. The van der Waals surface area contributed by atoms with Crippen molar-refractivity contribution in [2.24, 2.45) is 5.92 Å². The average molecular weight is 405 g/mol. The van der Waals surface area contributed by atoms with E-state index in [9.17, 15) is 18.0 Å². The second-order valence-corrected chi connectivity index (χ2v) is 10.1. The molecule has 6 nitrogen and oxygen atoms in total. The Kier molecular flexibility index (Phi) is 8.98. The van der Waals surface area contributed by atoms with Crippen molar-refractivity contribution < 1.29 is 27.5 Å². The Morgan fingerprint density at radius 1 is 0.962 bits per heavy atom. The third-order valence-corrected chi connectivity index (χ3v) is 7.61. The molecule has 0 N–H and O–H groups in total. The molecule has 0 aromatic rings. The van der Waals surface area contributed by atoms with Crippen molar-refractivity contribution in [3.05, 3.63) is 12.7 Å². The van der Waals surface area contributed by atoms with Crippen LogP contribution in [0.1, 0.15) is 44.9 Å². The molecule has 2 heterocycles. The molecule has 2 aliphatic rings. The van der Waals surface area contributed by atoms with E-state index in [0.717, 1.165) is 25.7 Å². The number of hydrogen-bond acceptors (Lipinski definition) is 6. The van der Waals surface area contributed by atoms with Gasteiger partial charge in [-0.15, -0.1) is 6.58 Å². The van der Waals surface area contributed by atoms with Crippen LogP contribution in [0.4, 0.5) is 0 Å². The maximum Gasteiger partial charge on any atom is 0.313 e. The minimum Gasteiger partial charge on any atom is -0.462 e. The molecule has 0 radical (unpaired) electrons. The maximum absolute atomic E-state index is 12.0. The van der Waals surface area contributed by atoms with Gasteiger partial charge in [-0.25, -0.2) is 0 Å². The molecule has 0 aromatic heterocycles. The summed E-state index contributed by atoms with van der Waals surface area (Å²) in [6, 6.07) is 0. The Labute approximate surface area is 160 Å². The van der Waals surface area contributed by atoms with Crippen molar-refractivity contribution in [3.63, 3.8) is 0 Å². The molecule has 2 saturated heterocycles. The highest BCUT2D eigenvalue weighted by Gasteiger charge is 2.40. The van der Waals surface area contributed by atoms with E-state index >= 15 is 0 Å². The Morgan fingerprint density at radius 2 is 1.54 bits per heavy atom.